The highest BCUT2D eigenvalue weighted by Gasteiger charge is 2.29. The standard InChI is InChI=1S/C19H19BrN2O4/c20-15-7-3-1-5-13(15)12-26-16-8-4-2-6-14(16)19(24)22-9-10-25-17(11-22)18(21)23/h1-8,17H,9-12H2,(H2,21,23)/t17-/m1/s1. The van der Waals surface area contributed by atoms with Crippen LogP contribution in [0, 0.1) is 0 Å². The van der Waals surface area contributed by atoms with Crippen LogP contribution in [0.5, 0.6) is 5.75 Å². The summed E-state index contributed by atoms with van der Waals surface area (Å²) < 4.78 is 12.1. The largest absolute Gasteiger partial charge is 0.488 e. The second kappa shape index (κ2) is 8.33. The van der Waals surface area contributed by atoms with Crippen molar-refractivity contribution < 1.29 is 19.1 Å². The Morgan fingerprint density at radius 2 is 1.92 bits per heavy atom. The van der Waals surface area contributed by atoms with E-state index >= 15 is 0 Å². The van der Waals surface area contributed by atoms with Crippen molar-refractivity contribution in [1.82, 2.24) is 4.90 Å². The lowest BCUT2D eigenvalue weighted by Crippen LogP contribution is -2.50. The van der Waals surface area contributed by atoms with Gasteiger partial charge in [-0.2, -0.15) is 0 Å². The first kappa shape index (κ1) is 18.4. The predicted molar refractivity (Wildman–Crippen MR) is 99.8 cm³/mol. The van der Waals surface area contributed by atoms with Crippen molar-refractivity contribution in [1.29, 1.82) is 0 Å². The molecule has 0 aliphatic carbocycles. The van der Waals surface area contributed by atoms with E-state index in [4.69, 9.17) is 15.2 Å². The summed E-state index contributed by atoms with van der Waals surface area (Å²) in [5.74, 6) is -0.279. The third-order valence-corrected chi connectivity index (χ3v) is 4.90. The summed E-state index contributed by atoms with van der Waals surface area (Å²) >= 11 is 3.49. The van der Waals surface area contributed by atoms with E-state index in [0.717, 1.165) is 10.0 Å². The van der Waals surface area contributed by atoms with Crippen LogP contribution in [-0.2, 0) is 16.1 Å². The molecule has 7 heteroatoms. The van der Waals surface area contributed by atoms with Gasteiger partial charge >= 0.3 is 0 Å². The van der Waals surface area contributed by atoms with Gasteiger partial charge in [-0.05, 0) is 18.2 Å². The fourth-order valence-corrected chi connectivity index (χ4v) is 3.12. The van der Waals surface area contributed by atoms with Crippen LogP contribution < -0.4 is 10.5 Å². The van der Waals surface area contributed by atoms with E-state index in [1.807, 2.05) is 30.3 Å². The van der Waals surface area contributed by atoms with E-state index < -0.39 is 12.0 Å². The minimum atomic E-state index is -0.777. The summed E-state index contributed by atoms with van der Waals surface area (Å²) in [5.41, 5.74) is 6.72. The molecule has 2 aromatic carbocycles. The number of morpholine rings is 1. The van der Waals surface area contributed by atoms with Gasteiger partial charge in [-0.3, -0.25) is 9.59 Å². The summed E-state index contributed by atoms with van der Waals surface area (Å²) in [6.45, 7) is 1.16. The number of carbonyl (C=O) groups excluding carboxylic acids is 2. The average molecular weight is 419 g/mol. The van der Waals surface area contributed by atoms with Gasteiger partial charge in [-0.1, -0.05) is 46.3 Å². The lowest BCUT2D eigenvalue weighted by molar-refractivity contribution is -0.133. The minimum absolute atomic E-state index is 0.146. The van der Waals surface area contributed by atoms with Gasteiger partial charge in [-0.15, -0.1) is 0 Å². The van der Waals surface area contributed by atoms with Crippen molar-refractivity contribution in [3.63, 3.8) is 0 Å². The number of hydrogen-bond acceptors (Lipinski definition) is 4. The van der Waals surface area contributed by atoms with Crippen molar-refractivity contribution in [3.8, 4) is 5.75 Å². The van der Waals surface area contributed by atoms with Gasteiger partial charge in [-0.25, -0.2) is 0 Å². The van der Waals surface area contributed by atoms with Crippen LogP contribution >= 0.6 is 15.9 Å². The SMILES string of the molecule is NC(=O)[C@H]1CN(C(=O)c2ccccc2OCc2ccccc2Br)CCO1. The topological polar surface area (TPSA) is 81.9 Å². The number of para-hydroxylation sites is 1. The Bertz CT molecular complexity index is 812. The van der Waals surface area contributed by atoms with Gasteiger partial charge in [0.05, 0.1) is 18.7 Å². The van der Waals surface area contributed by atoms with Crippen LogP contribution in [0.4, 0.5) is 0 Å². The Balaban J connectivity index is 1.75. The number of nitrogens with zero attached hydrogens (tertiary/aromatic N) is 1. The van der Waals surface area contributed by atoms with E-state index in [2.05, 4.69) is 15.9 Å². The maximum absolute atomic E-state index is 12.9. The molecule has 0 unspecified atom stereocenters. The molecule has 3 rings (SSSR count). The highest BCUT2D eigenvalue weighted by molar-refractivity contribution is 9.10. The van der Waals surface area contributed by atoms with Gasteiger partial charge in [0.25, 0.3) is 5.91 Å². The maximum Gasteiger partial charge on any atom is 0.257 e. The van der Waals surface area contributed by atoms with E-state index in [9.17, 15) is 9.59 Å². The molecule has 2 aromatic rings. The number of carbonyl (C=O) groups is 2. The summed E-state index contributed by atoms with van der Waals surface area (Å²) in [6, 6.07) is 14.8. The van der Waals surface area contributed by atoms with Gasteiger partial charge in [0, 0.05) is 16.6 Å². The van der Waals surface area contributed by atoms with Gasteiger partial charge in [0.15, 0.2) is 6.10 Å². The molecule has 1 saturated heterocycles. The first-order valence-corrected chi connectivity index (χ1v) is 9.01. The monoisotopic (exact) mass is 418 g/mol. The average Bonchev–Trinajstić information content (AvgIpc) is 2.67. The highest BCUT2D eigenvalue weighted by atomic mass is 79.9. The molecule has 1 aliphatic rings. The number of primary amides is 1. The number of halogens is 1. The molecule has 2 N–H and O–H groups in total. The molecule has 1 fully saturated rings. The van der Waals surface area contributed by atoms with Gasteiger partial charge in [0.2, 0.25) is 5.91 Å². The highest BCUT2D eigenvalue weighted by Crippen LogP contribution is 2.24. The first-order chi connectivity index (χ1) is 12.6. The quantitative estimate of drug-likeness (QED) is 0.807. The van der Waals surface area contributed by atoms with Crippen LogP contribution in [0.25, 0.3) is 0 Å². The van der Waals surface area contributed by atoms with E-state index in [1.165, 1.54) is 0 Å². The van der Waals surface area contributed by atoms with E-state index in [0.29, 0.717) is 24.5 Å². The molecule has 1 aliphatic heterocycles. The molecule has 1 atom stereocenters. The molecule has 0 aromatic heterocycles. The number of hydrogen-bond donors (Lipinski definition) is 1. The zero-order valence-corrected chi connectivity index (χ0v) is 15.6. The Morgan fingerprint density at radius 3 is 2.69 bits per heavy atom. The van der Waals surface area contributed by atoms with Crippen LogP contribution in [0.3, 0.4) is 0 Å². The molecule has 0 radical (unpaired) electrons. The van der Waals surface area contributed by atoms with Crippen molar-refractivity contribution in [2.45, 2.75) is 12.7 Å². The third kappa shape index (κ3) is 4.23. The summed E-state index contributed by atoms with van der Waals surface area (Å²) in [6.07, 6.45) is -0.777. The number of benzene rings is 2. The van der Waals surface area contributed by atoms with Crippen molar-refractivity contribution >= 4 is 27.7 Å². The Labute approximate surface area is 160 Å². The van der Waals surface area contributed by atoms with Crippen LogP contribution in [0.2, 0.25) is 0 Å². The number of rotatable bonds is 5. The molecule has 0 saturated carbocycles. The van der Waals surface area contributed by atoms with Crippen molar-refractivity contribution in [2.75, 3.05) is 19.7 Å². The Hall–Kier alpha value is -2.38. The Kier molecular flexibility index (Phi) is 5.90. The van der Waals surface area contributed by atoms with E-state index in [-0.39, 0.29) is 19.1 Å². The summed E-state index contributed by atoms with van der Waals surface area (Å²) in [7, 11) is 0. The molecular formula is C19H19BrN2O4. The molecule has 6 nitrogen and oxygen atoms in total. The molecule has 1 heterocycles. The van der Waals surface area contributed by atoms with Crippen LogP contribution in [0.15, 0.2) is 53.0 Å². The second-order valence-corrected chi connectivity index (χ2v) is 6.74. The normalized spacial score (nSPS) is 17.0. The summed E-state index contributed by atoms with van der Waals surface area (Å²) in [5, 5.41) is 0. The van der Waals surface area contributed by atoms with Crippen LogP contribution in [0.1, 0.15) is 15.9 Å². The summed E-state index contributed by atoms with van der Waals surface area (Å²) in [4.78, 5) is 25.8. The van der Waals surface area contributed by atoms with Gasteiger partial charge < -0.3 is 20.1 Å². The zero-order valence-electron chi connectivity index (χ0n) is 14.1. The molecule has 2 amide bonds. The fourth-order valence-electron chi connectivity index (χ4n) is 2.72. The Morgan fingerprint density at radius 1 is 1.19 bits per heavy atom. The lowest BCUT2D eigenvalue weighted by Gasteiger charge is -2.31. The minimum Gasteiger partial charge on any atom is -0.488 e. The van der Waals surface area contributed by atoms with Crippen molar-refractivity contribution in [3.05, 3.63) is 64.1 Å². The number of ether oxygens (including phenoxy) is 2. The fraction of sp³-hybridized carbons (Fsp3) is 0.263. The molecule has 0 spiro atoms. The first-order valence-electron chi connectivity index (χ1n) is 8.21. The van der Waals surface area contributed by atoms with Crippen LogP contribution in [-0.4, -0.2) is 42.5 Å². The predicted octanol–water partition coefficient (Wildman–Crippen LogP) is 2.35. The molecule has 0 bridgehead atoms. The number of amides is 2. The smallest absolute Gasteiger partial charge is 0.257 e. The lowest BCUT2D eigenvalue weighted by atomic mass is 10.1. The van der Waals surface area contributed by atoms with Crippen molar-refractivity contribution in [2.24, 2.45) is 5.73 Å². The molecule has 136 valence electrons. The maximum atomic E-state index is 12.9. The zero-order chi connectivity index (χ0) is 18.5. The molecular weight excluding hydrogens is 400 g/mol. The third-order valence-electron chi connectivity index (χ3n) is 4.13. The second-order valence-electron chi connectivity index (χ2n) is 5.89. The molecule has 26 heavy (non-hydrogen) atoms. The van der Waals surface area contributed by atoms with Gasteiger partial charge in [0.1, 0.15) is 12.4 Å². The number of nitrogens with two attached hydrogens (primary N) is 1. The van der Waals surface area contributed by atoms with E-state index in [1.54, 1.807) is 23.1 Å².